The van der Waals surface area contributed by atoms with E-state index in [1.54, 1.807) is 0 Å². The summed E-state index contributed by atoms with van der Waals surface area (Å²) in [5.74, 6) is 1.32. The molecule has 0 unspecified atom stereocenters. The molecule has 0 spiro atoms. The van der Waals surface area contributed by atoms with E-state index in [0.717, 1.165) is 6.54 Å². The Hall–Kier alpha value is -0.860. The minimum Gasteiger partial charge on any atom is -0.330 e. The topological polar surface area (TPSA) is 26.0 Å². The van der Waals surface area contributed by atoms with E-state index in [1.165, 1.54) is 15.6 Å². The van der Waals surface area contributed by atoms with E-state index in [2.05, 4.69) is 43.5 Å². The van der Waals surface area contributed by atoms with Gasteiger partial charge in [-0.15, -0.1) is 11.3 Å². The van der Waals surface area contributed by atoms with Gasteiger partial charge in [-0.3, -0.25) is 0 Å². The van der Waals surface area contributed by atoms with Crippen LogP contribution >= 0.6 is 11.3 Å². The van der Waals surface area contributed by atoms with Gasteiger partial charge in [0, 0.05) is 4.70 Å². The van der Waals surface area contributed by atoms with Crippen LogP contribution in [0.15, 0.2) is 29.6 Å². The van der Waals surface area contributed by atoms with E-state index in [9.17, 15) is 0 Å². The Bertz CT molecular complexity index is 526. The molecule has 0 bridgehead atoms. The van der Waals surface area contributed by atoms with Crippen LogP contribution in [0.4, 0.5) is 0 Å². The molecule has 1 nitrogen and oxygen atoms in total. The van der Waals surface area contributed by atoms with E-state index in [4.69, 9.17) is 5.73 Å². The summed E-state index contributed by atoms with van der Waals surface area (Å²) in [4.78, 5) is 0. The van der Waals surface area contributed by atoms with Crippen LogP contribution in [-0.4, -0.2) is 6.54 Å². The number of fused-ring (bicyclic) bond motifs is 1. The van der Waals surface area contributed by atoms with E-state index in [-0.39, 0.29) is 0 Å². The largest absolute Gasteiger partial charge is 0.330 e. The molecule has 2 N–H and O–H groups in total. The average Bonchev–Trinajstić information content (AvgIpc) is 2.66. The monoisotopic (exact) mass is 231 g/mol. The minimum absolute atomic E-state index is 0.387. The van der Waals surface area contributed by atoms with Crippen LogP contribution in [0.2, 0.25) is 0 Å². The quantitative estimate of drug-likeness (QED) is 0.839. The molecule has 16 heavy (non-hydrogen) atoms. The van der Waals surface area contributed by atoms with Gasteiger partial charge in [-0.2, -0.15) is 0 Å². The van der Waals surface area contributed by atoms with Gasteiger partial charge in [0.1, 0.15) is 0 Å². The predicted octanol–water partition coefficient (Wildman–Crippen LogP) is 3.60. The molecule has 2 aromatic rings. The molecule has 1 aliphatic carbocycles. The molecule has 1 aromatic heterocycles. The second-order valence-corrected chi connectivity index (χ2v) is 6.24. The predicted molar refractivity (Wildman–Crippen MR) is 70.9 cm³/mol. The van der Waals surface area contributed by atoms with Crippen LogP contribution in [0.5, 0.6) is 0 Å². The fourth-order valence-corrected chi connectivity index (χ4v) is 4.04. The molecule has 2 atom stereocenters. The third kappa shape index (κ3) is 1.26. The summed E-state index contributed by atoms with van der Waals surface area (Å²) in [6.45, 7) is 5.48. The van der Waals surface area contributed by atoms with Gasteiger partial charge in [0.15, 0.2) is 0 Å². The first-order valence-corrected chi connectivity index (χ1v) is 6.70. The Morgan fingerprint density at radius 1 is 1.31 bits per heavy atom. The Morgan fingerprint density at radius 2 is 2.06 bits per heavy atom. The third-order valence-electron chi connectivity index (χ3n) is 4.15. The van der Waals surface area contributed by atoms with Gasteiger partial charge in [0.05, 0.1) is 0 Å². The maximum absolute atomic E-state index is 5.85. The summed E-state index contributed by atoms with van der Waals surface area (Å²) < 4.78 is 1.40. The van der Waals surface area contributed by atoms with E-state index >= 15 is 0 Å². The fraction of sp³-hybridized carbons (Fsp3) is 0.429. The first-order valence-electron chi connectivity index (χ1n) is 5.82. The molecule has 3 rings (SSSR count). The average molecular weight is 231 g/mol. The summed E-state index contributed by atoms with van der Waals surface area (Å²) >= 11 is 1.85. The zero-order valence-corrected chi connectivity index (χ0v) is 10.6. The SMILES string of the molecule is CC1(C)[C@@H](CN)[C@@H]1c1csc2ccccc12. The summed E-state index contributed by atoms with van der Waals surface area (Å²) in [5, 5.41) is 3.76. The van der Waals surface area contributed by atoms with Crippen LogP contribution in [-0.2, 0) is 0 Å². The lowest BCUT2D eigenvalue weighted by atomic mass is 10.0. The molecule has 0 amide bonds. The van der Waals surface area contributed by atoms with Crippen LogP contribution in [0, 0.1) is 11.3 Å². The number of thiophene rings is 1. The normalized spacial score (nSPS) is 27.2. The van der Waals surface area contributed by atoms with Crippen molar-refractivity contribution >= 4 is 21.4 Å². The molecule has 1 aromatic carbocycles. The summed E-state index contributed by atoms with van der Waals surface area (Å²) in [5.41, 5.74) is 7.76. The number of hydrogen-bond donors (Lipinski definition) is 1. The van der Waals surface area contributed by atoms with Gasteiger partial charge in [-0.05, 0) is 46.2 Å². The van der Waals surface area contributed by atoms with Crippen molar-refractivity contribution in [3.8, 4) is 0 Å². The Balaban J connectivity index is 2.08. The molecular formula is C14H17NS. The molecule has 2 heteroatoms. The van der Waals surface area contributed by atoms with Gasteiger partial charge >= 0.3 is 0 Å². The van der Waals surface area contributed by atoms with Gasteiger partial charge in [0.25, 0.3) is 0 Å². The van der Waals surface area contributed by atoms with Gasteiger partial charge < -0.3 is 5.73 Å². The van der Waals surface area contributed by atoms with Crippen molar-refractivity contribution < 1.29 is 0 Å². The molecule has 1 fully saturated rings. The third-order valence-corrected chi connectivity index (χ3v) is 5.13. The van der Waals surface area contributed by atoms with Crippen molar-refractivity contribution in [3.63, 3.8) is 0 Å². The second-order valence-electron chi connectivity index (χ2n) is 5.33. The van der Waals surface area contributed by atoms with Crippen molar-refractivity contribution in [2.75, 3.05) is 6.54 Å². The van der Waals surface area contributed by atoms with E-state index in [0.29, 0.717) is 17.3 Å². The van der Waals surface area contributed by atoms with Crippen molar-refractivity contribution in [2.24, 2.45) is 17.1 Å². The maximum atomic E-state index is 5.85. The highest BCUT2D eigenvalue weighted by atomic mass is 32.1. The molecule has 0 saturated heterocycles. The highest BCUT2D eigenvalue weighted by Crippen LogP contribution is 2.65. The Kier molecular flexibility index (Phi) is 2.13. The van der Waals surface area contributed by atoms with Gasteiger partial charge in [-0.1, -0.05) is 32.0 Å². The molecule has 1 heterocycles. The first kappa shape index (κ1) is 10.3. The lowest BCUT2D eigenvalue weighted by Crippen LogP contribution is -2.05. The fourth-order valence-electron chi connectivity index (χ4n) is 3.04. The molecular weight excluding hydrogens is 214 g/mol. The molecule has 84 valence electrons. The number of hydrogen-bond acceptors (Lipinski definition) is 2. The molecule has 1 aliphatic rings. The van der Waals surface area contributed by atoms with Crippen LogP contribution in [0.3, 0.4) is 0 Å². The summed E-state index contributed by atoms with van der Waals surface area (Å²) in [6.07, 6.45) is 0. The number of benzene rings is 1. The number of rotatable bonds is 2. The first-order chi connectivity index (χ1) is 7.66. The highest BCUT2D eigenvalue weighted by molar-refractivity contribution is 7.17. The lowest BCUT2D eigenvalue weighted by molar-refractivity contribution is 0.559. The number of nitrogens with two attached hydrogens (primary N) is 1. The van der Waals surface area contributed by atoms with E-state index in [1.807, 2.05) is 11.3 Å². The van der Waals surface area contributed by atoms with Gasteiger partial charge in [0.2, 0.25) is 0 Å². The summed E-state index contributed by atoms with van der Waals surface area (Å²) in [6, 6.07) is 8.69. The lowest BCUT2D eigenvalue weighted by Gasteiger charge is -2.01. The van der Waals surface area contributed by atoms with Crippen molar-refractivity contribution in [1.29, 1.82) is 0 Å². The zero-order chi connectivity index (χ0) is 11.3. The van der Waals surface area contributed by atoms with Crippen molar-refractivity contribution in [2.45, 2.75) is 19.8 Å². The Labute approximate surface area is 100 Å². The molecule has 1 saturated carbocycles. The van der Waals surface area contributed by atoms with E-state index < -0.39 is 0 Å². The highest BCUT2D eigenvalue weighted by Gasteiger charge is 2.57. The minimum atomic E-state index is 0.387. The molecule has 0 aliphatic heterocycles. The molecule has 0 radical (unpaired) electrons. The smallest absolute Gasteiger partial charge is 0.0345 e. The van der Waals surface area contributed by atoms with Crippen molar-refractivity contribution in [3.05, 3.63) is 35.2 Å². The van der Waals surface area contributed by atoms with Crippen LogP contribution in [0.25, 0.3) is 10.1 Å². The second kappa shape index (κ2) is 3.31. The van der Waals surface area contributed by atoms with Crippen LogP contribution < -0.4 is 5.73 Å². The van der Waals surface area contributed by atoms with Gasteiger partial charge in [-0.25, -0.2) is 0 Å². The standard InChI is InChI=1S/C14H17NS/c1-14(2)11(7-15)13(14)10-8-16-12-6-4-3-5-9(10)12/h3-6,8,11,13H,7,15H2,1-2H3/t11-,13-/m0/s1. The Morgan fingerprint density at radius 3 is 2.75 bits per heavy atom. The zero-order valence-electron chi connectivity index (χ0n) is 9.73. The van der Waals surface area contributed by atoms with Crippen LogP contribution in [0.1, 0.15) is 25.3 Å². The maximum Gasteiger partial charge on any atom is 0.0345 e. The van der Waals surface area contributed by atoms with Crippen molar-refractivity contribution in [1.82, 2.24) is 0 Å². The summed E-state index contributed by atoms with van der Waals surface area (Å²) in [7, 11) is 0.